The molecule has 4 rings (SSSR count). The Morgan fingerprint density at radius 2 is 1.86 bits per heavy atom. The predicted octanol–water partition coefficient (Wildman–Crippen LogP) is 2.34. The largest absolute Gasteiger partial charge is 0.507 e. The maximum atomic E-state index is 10.0. The summed E-state index contributed by atoms with van der Waals surface area (Å²) in [5.41, 5.74) is 1.93. The van der Waals surface area contributed by atoms with Crippen LogP contribution in [0.5, 0.6) is 23.0 Å². The second-order valence-corrected chi connectivity index (χ2v) is 5.12. The van der Waals surface area contributed by atoms with Gasteiger partial charge in [0.25, 0.3) is 0 Å². The van der Waals surface area contributed by atoms with E-state index in [4.69, 9.17) is 14.2 Å². The molecule has 1 unspecified atom stereocenters. The first kappa shape index (κ1) is 12.3. The minimum Gasteiger partial charge on any atom is -0.507 e. The molecule has 2 N–H and O–H groups in total. The predicted molar refractivity (Wildman–Crippen MR) is 75.7 cm³/mol. The van der Waals surface area contributed by atoms with Crippen LogP contribution in [0.1, 0.15) is 17.2 Å². The molecular weight excluding hydrogens is 270 g/mol. The highest BCUT2D eigenvalue weighted by atomic mass is 16.7. The lowest BCUT2D eigenvalue weighted by molar-refractivity contribution is 0.174. The summed E-state index contributed by atoms with van der Waals surface area (Å²) < 4.78 is 16.2. The molecular formula is C16H15NO4. The molecule has 0 bridgehead atoms. The summed E-state index contributed by atoms with van der Waals surface area (Å²) in [6.45, 7) is 1.34. The van der Waals surface area contributed by atoms with Crippen molar-refractivity contribution in [3.05, 3.63) is 47.5 Å². The molecule has 5 heteroatoms. The quantitative estimate of drug-likeness (QED) is 0.906. The maximum absolute atomic E-state index is 10.0. The zero-order chi connectivity index (χ0) is 14.2. The molecule has 2 aromatic carbocycles. The van der Waals surface area contributed by atoms with Gasteiger partial charge in [0.05, 0.1) is 6.04 Å². The van der Waals surface area contributed by atoms with E-state index in [-0.39, 0.29) is 18.6 Å². The van der Waals surface area contributed by atoms with Crippen molar-refractivity contribution in [3.8, 4) is 23.0 Å². The van der Waals surface area contributed by atoms with Crippen LogP contribution in [0.25, 0.3) is 0 Å². The minimum absolute atomic E-state index is 0.131. The molecule has 2 aliphatic heterocycles. The summed E-state index contributed by atoms with van der Waals surface area (Å²) in [4.78, 5) is 0. The summed E-state index contributed by atoms with van der Waals surface area (Å²) in [7, 11) is 0. The molecule has 0 spiro atoms. The van der Waals surface area contributed by atoms with Crippen LogP contribution in [0, 0.1) is 0 Å². The first-order valence-corrected chi connectivity index (χ1v) is 6.88. The van der Waals surface area contributed by atoms with E-state index in [2.05, 4.69) is 11.4 Å². The van der Waals surface area contributed by atoms with E-state index in [9.17, 15) is 5.11 Å². The number of rotatable bonds is 3. The highest BCUT2D eigenvalue weighted by molar-refractivity contribution is 5.51. The van der Waals surface area contributed by atoms with E-state index in [1.807, 2.05) is 24.3 Å². The van der Waals surface area contributed by atoms with Crippen molar-refractivity contribution in [2.24, 2.45) is 0 Å². The smallest absolute Gasteiger partial charge is 0.231 e. The van der Waals surface area contributed by atoms with Crippen LogP contribution in [0.15, 0.2) is 36.4 Å². The highest BCUT2D eigenvalue weighted by Gasteiger charge is 2.24. The third-order valence-corrected chi connectivity index (χ3v) is 3.81. The van der Waals surface area contributed by atoms with Gasteiger partial charge < -0.3 is 24.6 Å². The summed E-state index contributed by atoms with van der Waals surface area (Å²) >= 11 is 0. The van der Waals surface area contributed by atoms with E-state index in [1.54, 1.807) is 6.07 Å². The molecule has 5 nitrogen and oxygen atoms in total. The normalized spacial score (nSPS) is 18.4. The average Bonchev–Trinajstić information content (AvgIpc) is 3.11. The molecule has 108 valence electrons. The molecule has 2 aliphatic rings. The lowest BCUT2D eigenvalue weighted by atomic mass is 10.1. The van der Waals surface area contributed by atoms with Gasteiger partial charge in [0.1, 0.15) is 18.1 Å². The third-order valence-electron chi connectivity index (χ3n) is 3.81. The summed E-state index contributed by atoms with van der Waals surface area (Å²) in [5.74, 6) is 2.39. The van der Waals surface area contributed by atoms with Gasteiger partial charge in [-0.05, 0) is 12.1 Å². The fraction of sp³-hybridized carbons (Fsp3) is 0.250. The number of benzene rings is 2. The Kier molecular flexibility index (Phi) is 2.86. The second-order valence-electron chi connectivity index (χ2n) is 5.12. The standard InChI is InChI=1S/C16H15NO4/c18-13-6-16-15(20-9-21-16)5-10(13)7-17-12-8-19-14-4-2-1-3-11(12)14/h1-6,12,17-18H,7-9H2. The number of fused-ring (bicyclic) bond motifs is 2. The van der Waals surface area contributed by atoms with Crippen molar-refractivity contribution in [3.63, 3.8) is 0 Å². The number of phenols is 1. The van der Waals surface area contributed by atoms with Gasteiger partial charge in [0.2, 0.25) is 6.79 Å². The first-order chi connectivity index (χ1) is 10.3. The van der Waals surface area contributed by atoms with Gasteiger partial charge in [-0.25, -0.2) is 0 Å². The average molecular weight is 285 g/mol. The summed E-state index contributed by atoms with van der Waals surface area (Å²) in [6, 6.07) is 11.5. The summed E-state index contributed by atoms with van der Waals surface area (Å²) in [6.07, 6.45) is 0. The van der Waals surface area contributed by atoms with E-state index in [0.29, 0.717) is 24.7 Å². The second kappa shape index (κ2) is 4.86. The van der Waals surface area contributed by atoms with Gasteiger partial charge >= 0.3 is 0 Å². The summed E-state index contributed by atoms with van der Waals surface area (Å²) in [5, 5.41) is 13.4. The van der Waals surface area contributed by atoms with Gasteiger partial charge in [-0.2, -0.15) is 0 Å². The van der Waals surface area contributed by atoms with E-state index < -0.39 is 0 Å². The van der Waals surface area contributed by atoms with Crippen LogP contribution in [-0.2, 0) is 6.54 Å². The number of ether oxygens (including phenoxy) is 3. The number of aromatic hydroxyl groups is 1. The number of hydrogen-bond acceptors (Lipinski definition) is 5. The monoisotopic (exact) mass is 285 g/mol. The van der Waals surface area contributed by atoms with Gasteiger partial charge in [-0.1, -0.05) is 18.2 Å². The van der Waals surface area contributed by atoms with Crippen LogP contribution in [-0.4, -0.2) is 18.5 Å². The Labute approximate surface area is 122 Å². The molecule has 0 saturated carbocycles. The fourth-order valence-corrected chi connectivity index (χ4v) is 2.68. The Morgan fingerprint density at radius 1 is 1.05 bits per heavy atom. The van der Waals surface area contributed by atoms with Crippen molar-refractivity contribution in [1.29, 1.82) is 0 Å². The van der Waals surface area contributed by atoms with Crippen LogP contribution in [0.3, 0.4) is 0 Å². The van der Waals surface area contributed by atoms with Gasteiger partial charge in [0, 0.05) is 23.7 Å². The number of hydrogen-bond donors (Lipinski definition) is 2. The number of para-hydroxylation sites is 1. The van der Waals surface area contributed by atoms with Crippen LogP contribution in [0.2, 0.25) is 0 Å². The fourth-order valence-electron chi connectivity index (χ4n) is 2.68. The van der Waals surface area contributed by atoms with Crippen molar-refractivity contribution < 1.29 is 19.3 Å². The Morgan fingerprint density at radius 3 is 2.76 bits per heavy atom. The van der Waals surface area contributed by atoms with Gasteiger partial charge in [-0.3, -0.25) is 0 Å². The lowest BCUT2D eigenvalue weighted by Crippen LogP contribution is -2.22. The zero-order valence-electron chi connectivity index (χ0n) is 11.3. The van der Waals surface area contributed by atoms with Crippen molar-refractivity contribution >= 4 is 0 Å². The van der Waals surface area contributed by atoms with Crippen molar-refractivity contribution in [1.82, 2.24) is 5.32 Å². The van der Waals surface area contributed by atoms with Gasteiger partial charge in [0.15, 0.2) is 11.5 Å². The maximum Gasteiger partial charge on any atom is 0.231 e. The zero-order valence-corrected chi connectivity index (χ0v) is 11.3. The van der Waals surface area contributed by atoms with E-state index in [1.165, 1.54) is 0 Å². The SMILES string of the molecule is Oc1cc2c(cc1CNC1COc3ccccc31)OCO2. The van der Waals surface area contributed by atoms with Crippen molar-refractivity contribution in [2.45, 2.75) is 12.6 Å². The minimum atomic E-state index is 0.131. The molecule has 0 amide bonds. The molecule has 2 heterocycles. The lowest BCUT2D eigenvalue weighted by Gasteiger charge is -2.13. The Bertz CT molecular complexity index is 686. The number of nitrogens with one attached hydrogen (secondary N) is 1. The highest BCUT2D eigenvalue weighted by Crippen LogP contribution is 2.38. The Hall–Kier alpha value is -2.40. The topological polar surface area (TPSA) is 60.0 Å². The third kappa shape index (κ3) is 2.15. The van der Waals surface area contributed by atoms with E-state index >= 15 is 0 Å². The molecule has 0 aliphatic carbocycles. The molecule has 0 fully saturated rings. The Balaban J connectivity index is 1.51. The molecule has 21 heavy (non-hydrogen) atoms. The first-order valence-electron chi connectivity index (χ1n) is 6.88. The van der Waals surface area contributed by atoms with Crippen LogP contribution in [0.4, 0.5) is 0 Å². The molecule has 2 aromatic rings. The molecule has 1 atom stereocenters. The van der Waals surface area contributed by atoms with Gasteiger partial charge in [-0.15, -0.1) is 0 Å². The molecule has 0 saturated heterocycles. The van der Waals surface area contributed by atoms with Crippen LogP contribution < -0.4 is 19.5 Å². The van der Waals surface area contributed by atoms with Crippen LogP contribution >= 0.6 is 0 Å². The number of phenolic OH excluding ortho intramolecular Hbond substituents is 1. The molecule has 0 radical (unpaired) electrons. The molecule has 0 aromatic heterocycles. The van der Waals surface area contributed by atoms with Crippen molar-refractivity contribution in [2.75, 3.05) is 13.4 Å². The van der Waals surface area contributed by atoms with E-state index in [0.717, 1.165) is 16.9 Å².